The molecule has 4 atom stereocenters. The zero-order valence-electron chi connectivity index (χ0n) is 22.6. The number of nitrogens with one attached hydrogen (secondary N) is 1. The lowest BCUT2D eigenvalue weighted by Gasteiger charge is -2.40. The fraction of sp³-hybridized carbons (Fsp3) is 0.333. The third-order valence-corrected chi connectivity index (χ3v) is 8.04. The smallest absolute Gasteiger partial charge is 0.254 e. The van der Waals surface area contributed by atoms with E-state index in [9.17, 15) is 23.1 Å². The van der Waals surface area contributed by atoms with Crippen molar-refractivity contribution in [3.63, 3.8) is 0 Å². The first-order valence-corrected chi connectivity index (χ1v) is 14.8. The Balaban J connectivity index is 1.67. The van der Waals surface area contributed by atoms with E-state index in [1.165, 1.54) is 22.6 Å². The first-order valence-electron chi connectivity index (χ1n) is 12.9. The Morgan fingerprint density at radius 1 is 1.00 bits per heavy atom. The Bertz CT molecular complexity index is 1410. The number of rotatable bonds is 9. The van der Waals surface area contributed by atoms with Gasteiger partial charge in [-0.3, -0.25) is 9.59 Å². The van der Waals surface area contributed by atoms with Crippen LogP contribution in [0.4, 0.5) is 11.4 Å². The Morgan fingerprint density at radius 2 is 1.67 bits per heavy atom. The molecule has 4 rings (SSSR count). The Morgan fingerprint density at radius 3 is 2.28 bits per heavy atom. The summed E-state index contributed by atoms with van der Waals surface area (Å²) in [6.45, 7) is 6.05. The number of aliphatic hydroxyl groups is 1. The molecule has 0 spiro atoms. The summed E-state index contributed by atoms with van der Waals surface area (Å²) in [5.74, 6) is -1.48. The number of fused-ring (bicyclic) bond motifs is 1. The van der Waals surface area contributed by atoms with Crippen LogP contribution in [0, 0.1) is 5.92 Å². The van der Waals surface area contributed by atoms with Crippen molar-refractivity contribution in [3.8, 4) is 0 Å². The molecule has 2 N–H and O–H groups in total. The molecule has 3 unspecified atom stereocenters. The zero-order valence-corrected chi connectivity index (χ0v) is 23.4. The predicted molar refractivity (Wildman–Crippen MR) is 153 cm³/mol. The number of amides is 2. The van der Waals surface area contributed by atoms with Crippen molar-refractivity contribution in [2.75, 3.05) is 16.6 Å². The van der Waals surface area contributed by atoms with Crippen LogP contribution in [0.5, 0.6) is 0 Å². The summed E-state index contributed by atoms with van der Waals surface area (Å²) in [4.78, 5) is 28.5. The largest absolute Gasteiger partial charge is 0.387 e. The number of anilines is 2. The van der Waals surface area contributed by atoms with Crippen LogP contribution in [0.25, 0.3) is 0 Å². The van der Waals surface area contributed by atoms with Crippen LogP contribution in [0.15, 0.2) is 94.9 Å². The predicted octanol–water partition coefficient (Wildman–Crippen LogP) is 4.27. The number of hydrogen-bond donors (Lipinski definition) is 2. The van der Waals surface area contributed by atoms with E-state index in [-0.39, 0.29) is 10.8 Å². The number of carbonyl (C=O) groups excluding carboxylic acids is 2. The van der Waals surface area contributed by atoms with Crippen molar-refractivity contribution in [2.24, 2.45) is 5.92 Å². The molecule has 0 aliphatic carbocycles. The van der Waals surface area contributed by atoms with Gasteiger partial charge in [0.05, 0.1) is 28.6 Å². The number of benzene rings is 2. The minimum absolute atomic E-state index is 0.165. The second-order valence-corrected chi connectivity index (χ2v) is 12.3. The molecule has 0 saturated carbocycles. The van der Waals surface area contributed by atoms with E-state index < -0.39 is 39.8 Å². The van der Waals surface area contributed by atoms with Crippen LogP contribution in [0.1, 0.15) is 33.6 Å². The normalized spacial score (nSPS) is 22.5. The summed E-state index contributed by atoms with van der Waals surface area (Å²) in [5, 5.41) is 12.9. The van der Waals surface area contributed by atoms with Crippen LogP contribution in [0.3, 0.4) is 0 Å². The molecule has 1 saturated heterocycles. The van der Waals surface area contributed by atoms with Gasteiger partial charge < -0.3 is 10.5 Å². The Kier molecular flexibility index (Phi) is 8.54. The summed E-state index contributed by atoms with van der Waals surface area (Å²) < 4.78 is 23.8. The number of hydrogen-bond acceptors (Lipinski definition) is 7. The summed E-state index contributed by atoms with van der Waals surface area (Å²) >= 11 is 0. The van der Waals surface area contributed by atoms with E-state index in [1.54, 1.807) is 59.6 Å². The fourth-order valence-corrected chi connectivity index (χ4v) is 5.54. The number of aliphatic hydroxyl groups excluding tert-OH is 1. The van der Waals surface area contributed by atoms with E-state index in [2.05, 4.69) is 11.5 Å². The molecule has 2 aromatic rings. The van der Waals surface area contributed by atoms with Crippen LogP contribution in [-0.4, -0.2) is 54.8 Å². The monoisotopic (exact) mass is 549 g/mol. The van der Waals surface area contributed by atoms with Gasteiger partial charge in [0, 0.05) is 11.9 Å². The molecule has 0 bridgehead atoms. The third-order valence-electron chi connectivity index (χ3n) is 6.91. The number of sulfone groups is 1. The molecule has 2 aliphatic rings. The molecule has 9 heteroatoms. The molecule has 0 radical (unpaired) electrons. The highest BCUT2D eigenvalue weighted by Gasteiger charge is 2.53. The molecule has 2 amide bonds. The summed E-state index contributed by atoms with van der Waals surface area (Å²) in [6, 6.07) is 13.4. The Labute approximate surface area is 230 Å². The molecule has 8 nitrogen and oxygen atoms in total. The standard InChI is InChI=1S/C30H35N3O5S/c1-20(2)9-8-10-21(3)19-27(34)26-18-17-25-28(30(36)32(29(25)35)23-11-6-5-7-12-23)33(26)31-22-13-15-24(16-14-22)39(4,37)38/h5-7,9,11-19,25-28,31,34H,8,10H2,1-4H3/b21-19+/t25-,26?,27?,28?/m1/s1. The molecule has 2 aromatic carbocycles. The lowest BCUT2D eigenvalue weighted by molar-refractivity contribution is -0.123. The van der Waals surface area contributed by atoms with Crippen molar-refractivity contribution in [1.82, 2.24) is 5.01 Å². The maximum atomic E-state index is 13.7. The van der Waals surface area contributed by atoms with E-state index in [0.717, 1.165) is 24.7 Å². The van der Waals surface area contributed by atoms with Crippen LogP contribution < -0.4 is 10.3 Å². The lowest BCUT2D eigenvalue weighted by atomic mass is 9.92. The van der Waals surface area contributed by atoms with Crippen molar-refractivity contribution >= 4 is 33.0 Å². The van der Waals surface area contributed by atoms with Gasteiger partial charge in [-0.25, -0.2) is 18.3 Å². The highest BCUT2D eigenvalue weighted by molar-refractivity contribution is 7.90. The third kappa shape index (κ3) is 6.38. The van der Waals surface area contributed by atoms with E-state index in [0.29, 0.717) is 11.4 Å². The maximum Gasteiger partial charge on any atom is 0.254 e. The zero-order chi connectivity index (χ0) is 28.3. The Hall–Kier alpha value is -3.53. The van der Waals surface area contributed by atoms with E-state index in [4.69, 9.17) is 0 Å². The van der Waals surface area contributed by atoms with Gasteiger partial charge >= 0.3 is 0 Å². The maximum absolute atomic E-state index is 13.7. The van der Waals surface area contributed by atoms with Gasteiger partial charge in [-0.05, 0) is 70.0 Å². The van der Waals surface area contributed by atoms with Gasteiger partial charge in [-0.1, -0.05) is 53.6 Å². The number of para-hydroxylation sites is 1. The number of allylic oxidation sites excluding steroid dienone is 3. The van der Waals surface area contributed by atoms with Crippen molar-refractivity contribution in [1.29, 1.82) is 0 Å². The number of carbonyl (C=O) groups is 2. The molecule has 2 aliphatic heterocycles. The van der Waals surface area contributed by atoms with Crippen molar-refractivity contribution in [3.05, 3.63) is 90.0 Å². The van der Waals surface area contributed by atoms with Crippen LogP contribution >= 0.6 is 0 Å². The molecule has 39 heavy (non-hydrogen) atoms. The van der Waals surface area contributed by atoms with E-state index in [1.807, 2.05) is 26.8 Å². The highest BCUT2D eigenvalue weighted by atomic mass is 32.2. The lowest BCUT2D eigenvalue weighted by Crippen LogP contribution is -2.57. The van der Waals surface area contributed by atoms with Gasteiger partial charge in [0.25, 0.3) is 5.91 Å². The number of imide groups is 1. The van der Waals surface area contributed by atoms with Crippen LogP contribution in [0.2, 0.25) is 0 Å². The summed E-state index contributed by atoms with van der Waals surface area (Å²) in [7, 11) is -3.38. The second-order valence-electron chi connectivity index (χ2n) is 10.3. The molecule has 0 aromatic heterocycles. The highest BCUT2D eigenvalue weighted by Crippen LogP contribution is 2.36. The van der Waals surface area contributed by atoms with Gasteiger partial charge in [0.15, 0.2) is 9.84 Å². The molecule has 206 valence electrons. The first kappa shape index (κ1) is 28.5. The first-order chi connectivity index (χ1) is 18.5. The average Bonchev–Trinajstić information content (AvgIpc) is 3.14. The van der Waals surface area contributed by atoms with E-state index >= 15 is 0 Å². The average molecular weight is 550 g/mol. The minimum atomic E-state index is -3.38. The SMILES string of the molecule is CC(C)=CCC/C(C)=C/C(O)C1C=C[C@H]2C(=O)N(c3ccccc3)C(=O)C2N1Nc1ccc(S(C)(=O)=O)cc1. The topological polar surface area (TPSA) is 107 Å². The summed E-state index contributed by atoms with van der Waals surface area (Å²) in [5.41, 5.74) is 6.45. The van der Waals surface area contributed by atoms with Crippen molar-refractivity contribution in [2.45, 2.75) is 56.7 Å². The second kappa shape index (κ2) is 11.7. The summed E-state index contributed by atoms with van der Waals surface area (Å²) in [6.07, 6.45) is 9.19. The minimum Gasteiger partial charge on any atom is -0.387 e. The quantitative estimate of drug-likeness (QED) is 0.355. The fourth-order valence-electron chi connectivity index (χ4n) is 4.91. The molecular weight excluding hydrogens is 514 g/mol. The molecule has 2 heterocycles. The number of hydrazine groups is 1. The molecule has 1 fully saturated rings. The van der Waals surface area contributed by atoms with Gasteiger partial charge in [0.2, 0.25) is 5.91 Å². The van der Waals surface area contributed by atoms with Crippen molar-refractivity contribution < 1.29 is 23.1 Å². The number of nitrogens with zero attached hydrogens (tertiary/aromatic N) is 2. The van der Waals surface area contributed by atoms with Gasteiger partial charge in [0.1, 0.15) is 6.04 Å². The molecular formula is C30H35N3O5S. The van der Waals surface area contributed by atoms with Gasteiger partial charge in [-0.15, -0.1) is 0 Å². The van der Waals surface area contributed by atoms with Crippen LogP contribution in [-0.2, 0) is 19.4 Å². The van der Waals surface area contributed by atoms with Gasteiger partial charge in [-0.2, -0.15) is 0 Å².